The molecule has 1 heterocycles. The van der Waals surface area contributed by atoms with E-state index in [1.165, 1.54) is 0 Å². The number of hydrogen-bond acceptors (Lipinski definition) is 3. The van der Waals surface area contributed by atoms with Gasteiger partial charge in [0, 0.05) is 11.8 Å². The molecule has 0 N–H and O–H groups in total. The molecular formula is C10H9Cl2F2NO2. The van der Waals surface area contributed by atoms with Gasteiger partial charge in [0.2, 0.25) is 0 Å². The van der Waals surface area contributed by atoms with Crippen molar-refractivity contribution in [1.29, 1.82) is 0 Å². The van der Waals surface area contributed by atoms with Crippen LogP contribution in [0.3, 0.4) is 0 Å². The second kappa shape index (κ2) is 6.12. The van der Waals surface area contributed by atoms with Crippen LogP contribution in [0.1, 0.15) is 24.5 Å². The van der Waals surface area contributed by atoms with Crippen LogP contribution in [-0.4, -0.2) is 17.6 Å². The lowest BCUT2D eigenvalue weighted by molar-refractivity contribution is -0.142. The Morgan fingerprint density at radius 3 is 2.71 bits per heavy atom. The van der Waals surface area contributed by atoms with Gasteiger partial charge in [-0.2, -0.15) is 0 Å². The summed E-state index contributed by atoms with van der Waals surface area (Å²) in [5.41, 5.74) is -0.389. The lowest BCUT2D eigenvalue weighted by Gasteiger charge is -2.09. The van der Waals surface area contributed by atoms with E-state index in [-0.39, 0.29) is 28.8 Å². The lowest BCUT2D eigenvalue weighted by Crippen LogP contribution is -2.09. The van der Waals surface area contributed by atoms with Gasteiger partial charge in [0.25, 0.3) is 6.43 Å². The molecule has 94 valence electrons. The fourth-order valence-electron chi connectivity index (χ4n) is 1.18. The van der Waals surface area contributed by atoms with Crippen molar-refractivity contribution in [3.63, 3.8) is 0 Å². The fourth-order valence-corrected chi connectivity index (χ4v) is 1.73. The molecule has 1 aromatic heterocycles. The average molecular weight is 284 g/mol. The van der Waals surface area contributed by atoms with Crippen molar-refractivity contribution in [2.75, 3.05) is 6.61 Å². The van der Waals surface area contributed by atoms with Gasteiger partial charge in [-0.05, 0) is 6.92 Å². The number of hydrogen-bond donors (Lipinski definition) is 0. The molecule has 0 bridgehead atoms. The van der Waals surface area contributed by atoms with E-state index in [1.54, 1.807) is 6.92 Å². The molecule has 0 amide bonds. The first-order valence-electron chi connectivity index (χ1n) is 4.73. The zero-order valence-corrected chi connectivity index (χ0v) is 10.4. The maximum atomic E-state index is 12.5. The summed E-state index contributed by atoms with van der Waals surface area (Å²) in [5, 5.41) is -0.319. The molecule has 0 aliphatic heterocycles. The van der Waals surface area contributed by atoms with Crippen LogP contribution in [0.5, 0.6) is 0 Å². The Labute approximate surface area is 107 Å². The third-order valence-corrected chi connectivity index (χ3v) is 2.72. The third kappa shape index (κ3) is 3.51. The number of carbonyl (C=O) groups excluding carboxylic acids is 1. The van der Waals surface area contributed by atoms with Gasteiger partial charge in [-0.1, -0.05) is 23.2 Å². The van der Waals surface area contributed by atoms with Gasteiger partial charge in [-0.15, -0.1) is 0 Å². The highest BCUT2D eigenvalue weighted by Gasteiger charge is 2.20. The van der Waals surface area contributed by atoms with Crippen LogP contribution < -0.4 is 0 Å². The second-order valence-electron chi connectivity index (χ2n) is 3.08. The van der Waals surface area contributed by atoms with E-state index in [0.717, 1.165) is 6.20 Å². The SMILES string of the molecule is CCOC(=O)Cc1c(Cl)ncc(C(F)F)c1Cl. The summed E-state index contributed by atoms with van der Waals surface area (Å²) in [6.45, 7) is 1.82. The van der Waals surface area contributed by atoms with Gasteiger partial charge in [0.15, 0.2) is 0 Å². The molecule has 0 aliphatic rings. The van der Waals surface area contributed by atoms with Crippen LogP contribution in [0, 0.1) is 0 Å². The molecule has 0 radical (unpaired) electrons. The van der Waals surface area contributed by atoms with Crippen LogP contribution >= 0.6 is 23.2 Å². The molecule has 17 heavy (non-hydrogen) atoms. The van der Waals surface area contributed by atoms with Crippen molar-refractivity contribution in [1.82, 2.24) is 4.98 Å². The number of halogens is 4. The summed E-state index contributed by atoms with van der Waals surface area (Å²) in [5.74, 6) is -0.593. The summed E-state index contributed by atoms with van der Waals surface area (Å²) >= 11 is 11.4. The Bertz CT molecular complexity index is 427. The van der Waals surface area contributed by atoms with Gasteiger partial charge in [0.1, 0.15) is 5.15 Å². The highest BCUT2D eigenvalue weighted by molar-refractivity contribution is 6.36. The molecule has 0 aromatic carbocycles. The quantitative estimate of drug-likeness (QED) is 0.628. The predicted molar refractivity (Wildman–Crippen MR) is 59.6 cm³/mol. The molecule has 0 saturated heterocycles. The van der Waals surface area contributed by atoms with E-state index in [9.17, 15) is 13.6 Å². The number of pyridine rings is 1. The summed E-state index contributed by atoms with van der Waals surface area (Å²) in [7, 11) is 0. The minimum Gasteiger partial charge on any atom is -0.466 e. The van der Waals surface area contributed by atoms with Crippen LogP contribution in [0.2, 0.25) is 10.2 Å². The van der Waals surface area contributed by atoms with Crippen LogP contribution in [-0.2, 0) is 16.0 Å². The minimum atomic E-state index is -2.77. The van der Waals surface area contributed by atoms with Crippen molar-refractivity contribution in [2.45, 2.75) is 19.8 Å². The highest BCUT2D eigenvalue weighted by Crippen LogP contribution is 2.32. The Balaban J connectivity index is 3.05. The predicted octanol–water partition coefficient (Wildman–Crippen LogP) is 3.43. The fraction of sp³-hybridized carbons (Fsp3) is 0.400. The molecule has 0 saturated carbocycles. The van der Waals surface area contributed by atoms with Crippen LogP contribution in [0.15, 0.2) is 6.20 Å². The third-order valence-electron chi connectivity index (χ3n) is 1.95. The molecule has 1 rings (SSSR count). The van der Waals surface area contributed by atoms with Gasteiger partial charge in [0.05, 0.1) is 23.6 Å². The van der Waals surface area contributed by atoms with Crippen molar-refractivity contribution < 1.29 is 18.3 Å². The number of rotatable bonds is 4. The smallest absolute Gasteiger partial charge is 0.310 e. The monoisotopic (exact) mass is 283 g/mol. The van der Waals surface area contributed by atoms with E-state index in [1.807, 2.05) is 0 Å². The number of carbonyl (C=O) groups is 1. The molecule has 0 fully saturated rings. The molecule has 3 nitrogen and oxygen atoms in total. The van der Waals surface area contributed by atoms with Crippen molar-refractivity contribution in [2.24, 2.45) is 0 Å². The zero-order chi connectivity index (χ0) is 13.0. The van der Waals surface area contributed by atoms with Crippen LogP contribution in [0.4, 0.5) is 8.78 Å². The number of aromatic nitrogens is 1. The molecule has 1 aromatic rings. The second-order valence-corrected chi connectivity index (χ2v) is 3.82. The average Bonchev–Trinajstić information content (AvgIpc) is 2.24. The summed E-state index contributed by atoms with van der Waals surface area (Å²) in [6, 6.07) is 0. The number of ether oxygens (including phenoxy) is 1. The molecule has 0 atom stereocenters. The largest absolute Gasteiger partial charge is 0.466 e. The van der Waals surface area contributed by atoms with Crippen LogP contribution in [0.25, 0.3) is 0 Å². The molecule has 0 spiro atoms. The van der Waals surface area contributed by atoms with Gasteiger partial charge < -0.3 is 4.74 Å². The zero-order valence-electron chi connectivity index (χ0n) is 8.84. The van der Waals surface area contributed by atoms with Crippen molar-refractivity contribution in [3.8, 4) is 0 Å². The van der Waals surface area contributed by atoms with E-state index in [4.69, 9.17) is 23.2 Å². The summed E-state index contributed by atoms with van der Waals surface area (Å²) in [6.07, 6.45) is -2.16. The minimum absolute atomic E-state index is 0.0598. The van der Waals surface area contributed by atoms with Gasteiger partial charge in [-0.3, -0.25) is 4.79 Å². The summed E-state index contributed by atoms with van der Waals surface area (Å²) in [4.78, 5) is 14.8. The van der Waals surface area contributed by atoms with E-state index < -0.39 is 18.0 Å². The first-order valence-corrected chi connectivity index (χ1v) is 5.49. The molecule has 0 aliphatic carbocycles. The number of esters is 1. The Morgan fingerprint density at radius 1 is 1.53 bits per heavy atom. The molecule has 7 heteroatoms. The molecule has 0 unspecified atom stereocenters. The number of alkyl halides is 2. The highest BCUT2D eigenvalue weighted by atomic mass is 35.5. The maximum absolute atomic E-state index is 12.5. The Morgan fingerprint density at radius 2 is 2.18 bits per heavy atom. The van der Waals surface area contributed by atoms with Gasteiger partial charge >= 0.3 is 5.97 Å². The summed E-state index contributed by atoms with van der Waals surface area (Å²) < 4.78 is 29.8. The Hall–Kier alpha value is -0.940. The first kappa shape index (κ1) is 14.1. The van der Waals surface area contributed by atoms with E-state index in [2.05, 4.69) is 9.72 Å². The topological polar surface area (TPSA) is 39.2 Å². The Kier molecular flexibility index (Phi) is 5.08. The lowest BCUT2D eigenvalue weighted by atomic mass is 10.1. The first-order chi connectivity index (χ1) is 7.97. The molecular weight excluding hydrogens is 275 g/mol. The standard InChI is InChI=1S/C10H9Cl2F2NO2/c1-2-17-7(16)3-5-8(11)6(10(13)14)4-15-9(5)12/h4,10H,2-3H2,1H3. The van der Waals surface area contributed by atoms with E-state index >= 15 is 0 Å². The van der Waals surface area contributed by atoms with Gasteiger partial charge in [-0.25, -0.2) is 13.8 Å². The number of nitrogens with zero attached hydrogens (tertiary/aromatic N) is 1. The van der Waals surface area contributed by atoms with Crippen molar-refractivity contribution in [3.05, 3.63) is 27.5 Å². The van der Waals surface area contributed by atoms with E-state index in [0.29, 0.717) is 0 Å². The maximum Gasteiger partial charge on any atom is 0.310 e. The van der Waals surface area contributed by atoms with Crippen molar-refractivity contribution >= 4 is 29.2 Å². The normalized spacial score (nSPS) is 10.7.